The van der Waals surface area contributed by atoms with Gasteiger partial charge in [-0.3, -0.25) is 4.79 Å². The molecule has 1 aliphatic heterocycles. The lowest BCUT2D eigenvalue weighted by Gasteiger charge is -2.30. The number of allylic oxidation sites excluding steroid dienone is 1. The van der Waals surface area contributed by atoms with Crippen LogP contribution in [0.3, 0.4) is 0 Å². The molecule has 6 nitrogen and oxygen atoms in total. The van der Waals surface area contributed by atoms with Crippen LogP contribution in [-0.2, 0) is 4.79 Å². The molecule has 0 bridgehead atoms. The summed E-state index contributed by atoms with van der Waals surface area (Å²) in [7, 11) is 3.28. The highest BCUT2D eigenvalue weighted by molar-refractivity contribution is 9.10. The molecule has 3 aromatic rings. The van der Waals surface area contributed by atoms with Gasteiger partial charge in [0, 0.05) is 17.7 Å². The van der Waals surface area contributed by atoms with Crippen LogP contribution in [-0.4, -0.2) is 26.6 Å². The van der Waals surface area contributed by atoms with Crippen LogP contribution in [0, 0.1) is 0 Å². The molecule has 186 valence electrons. The number of ether oxygens (including phenoxy) is 3. The molecule has 2 aliphatic rings. The fourth-order valence-corrected chi connectivity index (χ4v) is 5.61. The van der Waals surface area contributed by atoms with Crippen molar-refractivity contribution in [3.8, 4) is 17.2 Å². The summed E-state index contributed by atoms with van der Waals surface area (Å²) in [5.74, 6) is 2.30. The molecule has 0 saturated heterocycles. The van der Waals surface area contributed by atoms with Gasteiger partial charge < -0.3 is 24.8 Å². The number of halogens is 1. The first-order valence-electron chi connectivity index (χ1n) is 12.0. The molecule has 1 heterocycles. The Labute approximate surface area is 219 Å². The van der Waals surface area contributed by atoms with Gasteiger partial charge in [0.2, 0.25) is 0 Å². The molecule has 5 rings (SSSR count). The van der Waals surface area contributed by atoms with Crippen LogP contribution in [0.5, 0.6) is 17.2 Å². The monoisotopic (exact) mass is 548 g/mol. The summed E-state index contributed by atoms with van der Waals surface area (Å²) in [4.78, 5) is 13.8. The first-order valence-corrected chi connectivity index (χ1v) is 12.8. The molecule has 36 heavy (non-hydrogen) atoms. The molecule has 2 atom stereocenters. The molecule has 1 aliphatic carbocycles. The van der Waals surface area contributed by atoms with Gasteiger partial charge in [0.25, 0.3) is 0 Å². The van der Waals surface area contributed by atoms with Gasteiger partial charge in [0.15, 0.2) is 17.3 Å². The van der Waals surface area contributed by atoms with Gasteiger partial charge in [-0.25, -0.2) is 0 Å². The summed E-state index contributed by atoms with van der Waals surface area (Å²) in [6.07, 6.45) is 1.13. The fourth-order valence-electron chi connectivity index (χ4n) is 5.05. The van der Waals surface area contributed by atoms with Crippen LogP contribution in [0.4, 0.5) is 11.4 Å². The van der Waals surface area contributed by atoms with E-state index >= 15 is 0 Å². The van der Waals surface area contributed by atoms with Crippen LogP contribution in [0.15, 0.2) is 76.4 Å². The molecule has 0 spiro atoms. The number of methoxy groups -OCH3 is 2. The quantitative estimate of drug-likeness (QED) is 0.351. The maximum absolute atomic E-state index is 13.8. The molecule has 0 unspecified atom stereocenters. The van der Waals surface area contributed by atoms with Crippen LogP contribution < -0.4 is 24.8 Å². The second-order valence-electron chi connectivity index (χ2n) is 8.91. The SMILES string of the molecule is CCOc1ccc([C@H]2CC(=O)C3=C(C2)Nc2ccccc2N[C@@H]3c2ccc(OC)c(Br)c2)cc1OC. The molecule has 0 radical (unpaired) electrons. The lowest BCUT2D eigenvalue weighted by atomic mass is 9.78. The topological polar surface area (TPSA) is 68.8 Å². The van der Waals surface area contributed by atoms with Crippen LogP contribution in [0.1, 0.15) is 42.9 Å². The lowest BCUT2D eigenvalue weighted by Crippen LogP contribution is -2.27. The third kappa shape index (κ3) is 4.55. The number of nitrogens with one attached hydrogen (secondary N) is 2. The molecular formula is C29H29BrN2O4. The Morgan fingerprint density at radius 1 is 0.889 bits per heavy atom. The molecule has 0 saturated carbocycles. The smallest absolute Gasteiger partial charge is 0.163 e. The van der Waals surface area contributed by atoms with Crippen molar-refractivity contribution in [1.82, 2.24) is 0 Å². The first kappa shape index (κ1) is 24.3. The molecule has 0 fully saturated rings. The van der Waals surface area contributed by atoms with Crippen LogP contribution >= 0.6 is 15.9 Å². The highest BCUT2D eigenvalue weighted by Gasteiger charge is 2.36. The van der Waals surface area contributed by atoms with Gasteiger partial charge in [-0.1, -0.05) is 24.3 Å². The minimum Gasteiger partial charge on any atom is -0.496 e. The Kier molecular flexibility index (Phi) is 6.92. The largest absolute Gasteiger partial charge is 0.496 e. The van der Waals surface area contributed by atoms with E-state index in [1.54, 1.807) is 14.2 Å². The van der Waals surface area contributed by atoms with Gasteiger partial charge in [-0.05, 0) is 82.7 Å². The number of benzene rings is 3. The van der Waals surface area contributed by atoms with Crippen molar-refractivity contribution in [3.05, 3.63) is 87.5 Å². The van der Waals surface area contributed by atoms with Crippen LogP contribution in [0.2, 0.25) is 0 Å². The minimum atomic E-state index is -0.290. The summed E-state index contributed by atoms with van der Waals surface area (Å²) in [5.41, 5.74) is 5.68. The summed E-state index contributed by atoms with van der Waals surface area (Å²) >= 11 is 3.61. The van der Waals surface area contributed by atoms with E-state index in [4.69, 9.17) is 14.2 Å². The van der Waals surface area contributed by atoms with Gasteiger partial charge in [0.1, 0.15) is 5.75 Å². The van der Waals surface area contributed by atoms with E-state index in [1.807, 2.05) is 67.6 Å². The number of rotatable bonds is 6. The molecule has 3 aromatic carbocycles. The number of fused-ring (bicyclic) bond motifs is 1. The normalized spacial score (nSPS) is 18.8. The van der Waals surface area contributed by atoms with Crippen molar-refractivity contribution in [2.75, 3.05) is 31.5 Å². The number of carbonyl (C=O) groups is 1. The van der Waals surface area contributed by atoms with E-state index in [1.165, 1.54) is 0 Å². The maximum atomic E-state index is 13.8. The van der Waals surface area contributed by atoms with Crippen molar-refractivity contribution < 1.29 is 19.0 Å². The van der Waals surface area contributed by atoms with Crippen molar-refractivity contribution in [2.24, 2.45) is 0 Å². The number of anilines is 2. The highest BCUT2D eigenvalue weighted by atomic mass is 79.9. The van der Waals surface area contributed by atoms with E-state index < -0.39 is 0 Å². The Bertz CT molecular complexity index is 1340. The van der Waals surface area contributed by atoms with Crippen molar-refractivity contribution in [1.29, 1.82) is 0 Å². The molecule has 0 aromatic heterocycles. The predicted octanol–water partition coefficient (Wildman–Crippen LogP) is 6.84. The van der Waals surface area contributed by atoms with Gasteiger partial charge in [-0.15, -0.1) is 0 Å². The van der Waals surface area contributed by atoms with Crippen molar-refractivity contribution in [3.63, 3.8) is 0 Å². The number of hydrogen-bond acceptors (Lipinski definition) is 6. The van der Waals surface area contributed by atoms with Gasteiger partial charge in [0.05, 0.1) is 42.7 Å². The van der Waals surface area contributed by atoms with Crippen molar-refractivity contribution >= 4 is 33.1 Å². The van der Waals surface area contributed by atoms with E-state index in [0.29, 0.717) is 30.9 Å². The second kappa shape index (κ2) is 10.3. The molecule has 7 heteroatoms. The van der Waals surface area contributed by atoms with Gasteiger partial charge >= 0.3 is 0 Å². The number of hydrogen-bond donors (Lipinski definition) is 2. The summed E-state index contributed by atoms with van der Waals surface area (Å²) in [6, 6.07) is 19.7. The molecule has 2 N–H and O–H groups in total. The highest BCUT2D eigenvalue weighted by Crippen LogP contribution is 2.45. The number of Topliss-reactive ketones (excluding diaryl/α,β-unsaturated/α-hetero) is 1. The zero-order chi connectivity index (χ0) is 25.2. The van der Waals surface area contributed by atoms with E-state index in [9.17, 15) is 4.79 Å². The Hall–Kier alpha value is -3.45. The molecular weight excluding hydrogens is 520 g/mol. The summed E-state index contributed by atoms with van der Waals surface area (Å²) in [5, 5.41) is 7.22. The zero-order valence-electron chi connectivity index (χ0n) is 20.6. The van der Waals surface area contributed by atoms with Crippen LogP contribution in [0.25, 0.3) is 0 Å². The number of carbonyl (C=O) groups excluding carboxylic acids is 1. The van der Waals surface area contributed by atoms with Gasteiger partial charge in [-0.2, -0.15) is 0 Å². The first-order chi connectivity index (χ1) is 17.5. The molecule has 0 amide bonds. The Balaban J connectivity index is 1.56. The fraction of sp³-hybridized carbons (Fsp3) is 0.276. The number of ketones is 1. The standard InChI is InChI=1S/C29H29BrN2O4/c1-4-36-26-12-9-17(16-27(26)35-3)19-14-23-28(24(33)15-19)29(18-10-11-25(34-2)20(30)13-18)32-22-8-6-5-7-21(22)31-23/h5-13,16,19,29,31-32H,4,14-15H2,1-3H3/t19-,29-/m1/s1. The Morgan fingerprint density at radius 2 is 1.61 bits per heavy atom. The summed E-state index contributed by atoms with van der Waals surface area (Å²) in [6.45, 7) is 2.51. The third-order valence-electron chi connectivity index (χ3n) is 6.78. The van der Waals surface area contributed by atoms with Crippen molar-refractivity contribution in [2.45, 2.75) is 31.7 Å². The van der Waals surface area contributed by atoms with E-state index in [2.05, 4.69) is 26.6 Å². The minimum absolute atomic E-state index is 0.0295. The Morgan fingerprint density at radius 3 is 2.33 bits per heavy atom. The maximum Gasteiger partial charge on any atom is 0.163 e. The zero-order valence-corrected chi connectivity index (χ0v) is 22.1. The average molecular weight is 549 g/mol. The second-order valence-corrected chi connectivity index (χ2v) is 9.76. The van der Waals surface area contributed by atoms with E-state index in [-0.39, 0.29) is 17.7 Å². The third-order valence-corrected chi connectivity index (χ3v) is 7.40. The predicted molar refractivity (Wildman–Crippen MR) is 145 cm³/mol. The summed E-state index contributed by atoms with van der Waals surface area (Å²) < 4.78 is 17.5. The average Bonchev–Trinajstić information content (AvgIpc) is 3.06. The van der Waals surface area contributed by atoms with E-state index in [0.717, 1.165) is 44.0 Å². The lowest BCUT2D eigenvalue weighted by molar-refractivity contribution is -0.116. The number of para-hydroxylation sites is 2.